The lowest BCUT2D eigenvalue weighted by Crippen LogP contribution is -2.41. The minimum atomic E-state index is -0.254. The molecule has 1 atom stereocenters. The highest BCUT2D eigenvalue weighted by Crippen LogP contribution is 2.34. The maximum atomic E-state index is 13.1. The Bertz CT molecular complexity index is 1160. The molecule has 3 aromatic rings. The van der Waals surface area contributed by atoms with E-state index < -0.39 is 0 Å². The van der Waals surface area contributed by atoms with Crippen molar-refractivity contribution in [2.24, 2.45) is 11.8 Å². The van der Waals surface area contributed by atoms with E-state index in [0.717, 1.165) is 5.56 Å². The zero-order valence-corrected chi connectivity index (χ0v) is 18.6. The monoisotopic (exact) mass is 439 g/mol. The van der Waals surface area contributed by atoms with Crippen LogP contribution in [0.4, 0.5) is 28.7 Å². The number of nitrogens with two attached hydrogens (primary N) is 2. The Labute approximate surface area is 186 Å². The number of ether oxygens (including phenoxy) is 1. The molecule has 0 spiro atoms. The molecule has 3 heterocycles. The molecule has 7 N–H and O–H groups in total. The van der Waals surface area contributed by atoms with Gasteiger partial charge in [-0.1, -0.05) is 13.8 Å². The summed E-state index contributed by atoms with van der Waals surface area (Å²) in [6.45, 7) is 4.76. The summed E-state index contributed by atoms with van der Waals surface area (Å²) in [5, 5.41) is 15.2. The average Bonchev–Trinajstić information content (AvgIpc) is 3.17. The number of nitrogens with zero attached hydrogens (tertiary/aromatic N) is 4. The molecule has 0 radical (unpaired) electrons. The van der Waals surface area contributed by atoms with E-state index in [1.54, 1.807) is 24.7 Å². The predicted molar refractivity (Wildman–Crippen MR) is 125 cm³/mol. The molecule has 1 aliphatic rings. The van der Waals surface area contributed by atoms with E-state index in [1.165, 1.54) is 11.2 Å². The number of carbonyl (C=O) groups excluding carboxylic acids is 1. The molecule has 4 rings (SSSR count). The van der Waals surface area contributed by atoms with Crippen LogP contribution in [0.25, 0.3) is 5.65 Å². The number of anilines is 5. The van der Waals surface area contributed by atoms with Crippen LogP contribution in [0.15, 0.2) is 24.4 Å². The number of amides is 1. The SMILES string of the molecule is CNc1cc2nc3c(cnn13)C(=O)NC(C(C)C)COCc1cc(c(N)c(N(C)N)c1)N2. The number of hydrazine groups is 1. The number of nitrogens with one attached hydrogen (secondary N) is 3. The lowest BCUT2D eigenvalue weighted by atomic mass is 10.0. The van der Waals surface area contributed by atoms with E-state index >= 15 is 0 Å². The summed E-state index contributed by atoms with van der Waals surface area (Å²) in [6.07, 6.45) is 1.52. The van der Waals surface area contributed by atoms with E-state index in [2.05, 4.69) is 26.0 Å². The molecule has 1 aliphatic heterocycles. The molecule has 2 aromatic heterocycles. The first-order valence-corrected chi connectivity index (χ1v) is 10.4. The molecule has 0 fully saturated rings. The van der Waals surface area contributed by atoms with E-state index in [0.29, 0.717) is 53.1 Å². The Morgan fingerprint density at radius 2 is 2.12 bits per heavy atom. The third kappa shape index (κ3) is 3.99. The van der Waals surface area contributed by atoms with Crippen molar-refractivity contribution in [3.05, 3.63) is 35.5 Å². The smallest absolute Gasteiger partial charge is 0.257 e. The maximum Gasteiger partial charge on any atom is 0.257 e. The van der Waals surface area contributed by atoms with Gasteiger partial charge in [0.05, 0.1) is 42.5 Å². The Morgan fingerprint density at radius 3 is 2.81 bits per heavy atom. The molecule has 1 aromatic carbocycles. The second-order valence-corrected chi connectivity index (χ2v) is 8.22. The van der Waals surface area contributed by atoms with Crippen LogP contribution in [0, 0.1) is 5.92 Å². The van der Waals surface area contributed by atoms with Gasteiger partial charge in [0.15, 0.2) is 5.65 Å². The Balaban J connectivity index is 1.90. The van der Waals surface area contributed by atoms with Crippen molar-refractivity contribution in [3.8, 4) is 0 Å². The second-order valence-electron chi connectivity index (χ2n) is 8.22. The van der Waals surface area contributed by atoms with E-state index in [-0.39, 0.29) is 17.9 Å². The van der Waals surface area contributed by atoms with Gasteiger partial charge in [0.1, 0.15) is 17.2 Å². The Kier molecular flexibility index (Phi) is 5.76. The van der Waals surface area contributed by atoms with Crippen LogP contribution in [-0.4, -0.2) is 47.2 Å². The van der Waals surface area contributed by atoms with Crippen LogP contribution in [0.2, 0.25) is 0 Å². The molecular weight excluding hydrogens is 410 g/mol. The number of benzene rings is 1. The van der Waals surface area contributed by atoms with Gasteiger partial charge >= 0.3 is 0 Å². The van der Waals surface area contributed by atoms with Crippen molar-refractivity contribution in [1.29, 1.82) is 0 Å². The number of nitrogen functional groups attached to an aromatic ring is 1. The van der Waals surface area contributed by atoms with E-state index in [4.69, 9.17) is 16.3 Å². The second kappa shape index (κ2) is 8.52. The zero-order chi connectivity index (χ0) is 23.0. The Morgan fingerprint density at radius 1 is 1.34 bits per heavy atom. The van der Waals surface area contributed by atoms with Gasteiger partial charge in [-0.15, -0.1) is 0 Å². The van der Waals surface area contributed by atoms with Crippen molar-refractivity contribution in [2.75, 3.05) is 42.1 Å². The molecule has 4 bridgehead atoms. The van der Waals surface area contributed by atoms with Crippen LogP contribution in [0.1, 0.15) is 29.8 Å². The van der Waals surface area contributed by atoms with Crippen molar-refractivity contribution in [3.63, 3.8) is 0 Å². The van der Waals surface area contributed by atoms with Gasteiger partial charge in [0, 0.05) is 20.2 Å². The third-order valence-electron chi connectivity index (χ3n) is 5.52. The van der Waals surface area contributed by atoms with Gasteiger partial charge in [-0.25, -0.2) is 10.8 Å². The molecule has 0 saturated carbocycles. The normalized spacial score (nSPS) is 16.6. The third-order valence-corrected chi connectivity index (χ3v) is 5.52. The number of carbonyl (C=O) groups is 1. The lowest BCUT2D eigenvalue weighted by Gasteiger charge is -2.24. The summed E-state index contributed by atoms with van der Waals surface area (Å²) in [5.74, 6) is 7.09. The number of fused-ring (bicyclic) bond motifs is 3. The van der Waals surface area contributed by atoms with Crippen molar-refractivity contribution >= 4 is 40.3 Å². The van der Waals surface area contributed by atoms with Gasteiger partial charge < -0.3 is 31.4 Å². The highest BCUT2D eigenvalue weighted by molar-refractivity contribution is 6.00. The fourth-order valence-corrected chi connectivity index (χ4v) is 3.63. The molecule has 11 nitrogen and oxygen atoms in total. The summed E-state index contributed by atoms with van der Waals surface area (Å²) < 4.78 is 7.56. The maximum absolute atomic E-state index is 13.1. The molecule has 0 aliphatic carbocycles. The molecule has 0 saturated heterocycles. The first-order valence-electron chi connectivity index (χ1n) is 10.4. The number of aromatic nitrogens is 3. The summed E-state index contributed by atoms with van der Waals surface area (Å²) in [7, 11) is 3.51. The minimum Gasteiger partial charge on any atom is -0.395 e. The van der Waals surface area contributed by atoms with Crippen molar-refractivity contribution in [2.45, 2.75) is 26.5 Å². The summed E-state index contributed by atoms with van der Waals surface area (Å²) in [4.78, 5) is 17.7. The number of hydrogen-bond acceptors (Lipinski definition) is 9. The lowest BCUT2D eigenvalue weighted by molar-refractivity contribution is 0.0725. The molecule has 32 heavy (non-hydrogen) atoms. The van der Waals surface area contributed by atoms with Crippen LogP contribution in [0.3, 0.4) is 0 Å². The van der Waals surface area contributed by atoms with Crippen LogP contribution in [-0.2, 0) is 11.3 Å². The first-order chi connectivity index (χ1) is 15.3. The van der Waals surface area contributed by atoms with E-state index in [9.17, 15) is 4.79 Å². The zero-order valence-electron chi connectivity index (χ0n) is 18.6. The largest absolute Gasteiger partial charge is 0.395 e. The first kappa shape index (κ1) is 21.7. The fourth-order valence-electron chi connectivity index (χ4n) is 3.63. The van der Waals surface area contributed by atoms with Crippen molar-refractivity contribution in [1.82, 2.24) is 19.9 Å². The summed E-state index contributed by atoms with van der Waals surface area (Å²) in [5.41, 5.74) is 9.85. The molecule has 1 amide bonds. The van der Waals surface area contributed by atoms with Gasteiger partial charge in [-0.05, 0) is 23.6 Å². The molecule has 170 valence electrons. The standard InChI is InChI=1S/C21H29N9O2/c1-11(2)15-10-32-9-12-5-14(19(22)16(6-12)29(4)23)26-17-7-18(24-3)30-20(28-17)13(8-25-30)21(31)27-15/h5-8,11,15,24H,9-10,22-23H2,1-4H3,(H,26,28)(H,27,31). The van der Waals surface area contributed by atoms with Gasteiger partial charge in [0.25, 0.3) is 5.91 Å². The molecule has 11 heteroatoms. The highest BCUT2D eigenvalue weighted by Gasteiger charge is 2.23. The van der Waals surface area contributed by atoms with Crippen LogP contribution < -0.4 is 32.5 Å². The van der Waals surface area contributed by atoms with Gasteiger partial charge in [0.2, 0.25) is 0 Å². The fraction of sp³-hybridized carbons (Fsp3) is 0.381. The average molecular weight is 440 g/mol. The Hall–Kier alpha value is -3.57. The molecular formula is C21H29N9O2. The van der Waals surface area contributed by atoms with Crippen LogP contribution in [0.5, 0.6) is 0 Å². The summed E-state index contributed by atoms with van der Waals surface area (Å²) in [6, 6.07) is 5.41. The van der Waals surface area contributed by atoms with Crippen molar-refractivity contribution < 1.29 is 9.53 Å². The quantitative estimate of drug-likeness (QED) is 0.233. The number of rotatable bonds is 3. The van der Waals surface area contributed by atoms with E-state index in [1.807, 2.05) is 26.0 Å². The molecule has 1 unspecified atom stereocenters. The van der Waals surface area contributed by atoms with Gasteiger partial charge in [-0.2, -0.15) is 9.61 Å². The summed E-state index contributed by atoms with van der Waals surface area (Å²) >= 11 is 0. The van der Waals surface area contributed by atoms with Crippen LogP contribution >= 0.6 is 0 Å². The highest BCUT2D eigenvalue weighted by atomic mass is 16.5. The minimum absolute atomic E-state index is 0.166. The number of hydrogen-bond donors (Lipinski definition) is 5. The topological polar surface area (TPSA) is 148 Å². The predicted octanol–water partition coefficient (Wildman–Crippen LogP) is 1.69. The van der Waals surface area contributed by atoms with Gasteiger partial charge in [-0.3, -0.25) is 4.79 Å².